The summed E-state index contributed by atoms with van der Waals surface area (Å²) >= 11 is 5.77. The number of halogens is 3. The Morgan fingerprint density at radius 3 is 2.38 bits per heavy atom. The van der Waals surface area contributed by atoms with E-state index in [-0.39, 0.29) is 22.8 Å². The summed E-state index contributed by atoms with van der Waals surface area (Å²) in [5, 5.41) is -0.0753. The topological polar surface area (TPSA) is 26.3 Å². The summed E-state index contributed by atoms with van der Waals surface area (Å²) in [6.07, 6.45) is 0.648. The predicted octanol–water partition coefficient (Wildman–Crippen LogP) is 4.44. The van der Waals surface area contributed by atoms with Crippen molar-refractivity contribution in [2.75, 3.05) is 7.11 Å². The van der Waals surface area contributed by atoms with Crippen LogP contribution in [0.2, 0.25) is 5.02 Å². The van der Waals surface area contributed by atoms with Crippen molar-refractivity contribution in [3.63, 3.8) is 0 Å². The third-order valence-corrected chi connectivity index (χ3v) is 3.42. The van der Waals surface area contributed by atoms with E-state index in [1.165, 1.54) is 0 Å². The minimum absolute atomic E-state index is 0.00378. The average molecular weight is 311 g/mol. The fourth-order valence-electron chi connectivity index (χ4n) is 1.92. The van der Waals surface area contributed by atoms with Crippen LogP contribution < -0.4 is 4.74 Å². The summed E-state index contributed by atoms with van der Waals surface area (Å²) in [6, 6.07) is 8.94. The first kappa shape index (κ1) is 15.4. The third kappa shape index (κ3) is 3.79. The molecule has 0 bridgehead atoms. The number of Topliss-reactive ketones (excluding diaryl/α,β-unsaturated/α-hetero) is 1. The fraction of sp³-hybridized carbons (Fsp3) is 0.188. The van der Waals surface area contributed by atoms with Gasteiger partial charge in [0.2, 0.25) is 0 Å². The van der Waals surface area contributed by atoms with Crippen molar-refractivity contribution in [2.24, 2.45) is 0 Å². The molecule has 0 aromatic heterocycles. The van der Waals surface area contributed by atoms with Crippen LogP contribution >= 0.6 is 11.6 Å². The normalized spacial score (nSPS) is 10.5. The molecule has 110 valence electrons. The fourth-order valence-corrected chi connectivity index (χ4v) is 2.18. The maximum atomic E-state index is 13.2. The number of rotatable bonds is 5. The van der Waals surface area contributed by atoms with E-state index in [1.807, 2.05) is 12.1 Å². The van der Waals surface area contributed by atoms with Crippen LogP contribution in [-0.4, -0.2) is 12.9 Å². The Bertz CT molecular complexity index is 654. The minimum Gasteiger partial charge on any atom is -0.497 e. The van der Waals surface area contributed by atoms with Gasteiger partial charge in [-0.2, -0.15) is 0 Å². The molecule has 5 heteroatoms. The molecule has 0 amide bonds. The van der Waals surface area contributed by atoms with E-state index >= 15 is 0 Å². The molecular weight excluding hydrogens is 298 g/mol. The highest BCUT2D eigenvalue weighted by atomic mass is 35.5. The van der Waals surface area contributed by atoms with Crippen LogP contribution in [0.1, 0.15) is 22.3 Å². The van der Waals surface area contributed by atoms with Gasteiger partial charge in [-0.1, -0.05) is 23.7 Å². The number of hydrogen-bond donors (Lipinski definition) is 0. The largest absolute Gasteiger partial charge is 0.497 e. The number of benzene rings is 2. The maximum absolute atomic E-state index is 13.2. The number of aryl methyl sites for hydroxylation is 1. The predicted molar refractivity (Wildman–Crippen MR) is 77.0 cm³/mol. The maximum Gasteiger partial charge on any atom is 0.164 e. The van der Waals surface area contributed by atoms with Crippen LogP contribution in [0, 0.1) is 11.6 Å². The number of ether oxygens (including phenoxy) is 1. The molecule has 2 aromatic rings. The van der Waals surface area contributed by atoms with Crippen LogP contribution in [0.3, 0.4) is 0 Å². The zero-order valence-corrected chi connectivity index (χ0v) is 12.1. The van der Waals surface area contributed by atoms with Gasteiger partial charge in [-0.3, -0.25) is 4.79 Å². The summed E-state index contributed by atoms with van der Waals surface area (Å²) in [5.41, 5.74) is 0.951. The highest BCUT2D eigenvalue weighted by Crippen LogP contribution is 2.22. The van der Waals surface area contributed by atoms with Gasteiger partial charge >= 0.3 is 0 Å². The van der Waals surface area contributed by atoms with Crippen molar-refractivity contribution in [2.45, 2.75) is 12.8 Å². The lowest BCUT2D eigenvalue weighted by Gasteiger charge is -2.06. The molecule has 0 aliphatic carbocycles. The molecule has 2 aromatic carbocycles. The Kier molecular flexibility index (Phi) is 4.91. The summed E-state index contributed by atoms with van der Waals surface area (Å²) < 4.78 is 31.2. The van der Waals surface area contributed by atoms with Crippen molar-refractivity contribution in [1.29, 1.82) is 0 Å². The van der Waals surface area contributed by atoms with Gasteiger partial charge in [0.15, 0.2) is 17.4 Å². The van der Waals surface area contributed by atoms with Crippen molar-refractivity contribution >= 4 is 17.4 Å². The molecule has 0 saturated heterocycles. The number of carbonyl (C=O) groups excluding carboxylic acids is 1. The zero-order valence-electron chi connectivity index (χ0n) is 11.3. The van der Waals surface area contributed by atoms with Gasteiger partial charge in [0, 0.05) is 12.0 Å². The number of hydrogen-bond acceptors (Lipinski definition) is 2. The smallest absolute Gasteiger partial charge is 0.164 e. The van der Waals surface area contributed by atoms with E-state index in [0.29, 0.717) is 6.42 Å². The number of ketones is 1. The van der Waals surface area contributed by atoms with Gasteiger partial charge in [-0.25, -0.2) is 8.78 Å². The molecule has 0 heterocycles. The van der Waals surface area contributed by atoms with Crippen molar-refractivity contribution in [1.82, 2.24) is 0 Å². The van der Waals surface area contributed by atoms with E-state index in [4.69, 9.17) is 16.3 Å². The molecule has 21 heavy (non-hydrogen) atoms. The summed E-state index contributed by atoms with van der Waals surface area (Å²) in [7, 11) is 1.57. The van der Waals surface area contributed by atoms with E-state index in [0.717, 1.165) is 23.4 Å². The Hall–Kier alpha value is -1.94. The van der Waals surface area contributed by atoms with Crippen LogP contribution in [0.15, 0.2) is 36.4 Å². The van der Waals surface area contributed by atoms with Crippen molar-refractivity contribution < 1.29 is 18.3 Å². The molecule has 0 atom stereocenters. The van der Waals surface area contributed by atoms with Gasteiger partial charge in [0.05, 0.1) is 12.1 Å². The first-order chi connectivity index (χ1) is 10.0. The highest BCUT2D eigenvalue weighted by molar-refractivity contribution is 6.34. The Balaban J connectivity index is 2.06. The standard InChI is InChI=1S/C16H13ClF2O2/c1-21-11-5-2-10(3-6-11)4-7-16(20)12-8-14(18)15(19)9-13(12)17/h2-3,5-6,8-9H,4,7H2,1H3. The lowest BCUT2D eigenvalue weighted by atomic mass is 10.0. The Morgan fingerprint density at radius 1 is 1.14 bits per heavy atom. The molecule has 0 saturated carbocycles. The second-order valence-corrected chi connectivity index (χ2v) is 4.92. The van der Waals surface area contributed by atoms with E-state index < -0.39 is 11.6 Å². The lowest BCUT2D eigenvalue weighted by Crippen LogP contribution is -2.04. The summed E-state index contributed by atoms with van der Waals surface area (Å²) in [6.45, 7) is 0. The number of carbonyl (C=O) groups is 1. The first-order valence-electron chi connectivity index (χ1n) is 6.32. The molecule has 0 unspecified atom stereocenters. The second-order valence-electron chi connectivity index (χ2n) is 4.52. The van der Waals surface area contributed by atoms with Gasteiger partial charge in [-0.05, 0) is 36.2 Å². The molecule has 0 spiro atoms. The summed E-state index contributed by atoms with van der Waals surface area (Å²) in [4.78, 5) is 12.0. The van der Waals surface area contributed by atoms with Crippen molar-refractivity contribution in [3.8, 4) is 5.75 Å². The molecule has 0 aliphatic heterocycles. The summed E-state index contributed by atoms with van der Waals surface area (Å²) in [5.74, 6) is -1.73. The molecule has 0 N–H and O–H groups in total. The first-order valence-corrected chi connectivity index (χ1v) is 6.69. The van der Waals surface area contributed by atoms with E-state index in [9.17, 15) is 13.6 Å². The third-order valence-electron chi connectivity index (χ3n) is 3.11. The second kappa shape index (κ2) is 6.68. The van der Waals surface area contributed by atoms with Gasteiger partial charge in [-0.15, -0.1) is 0 Å². The van der Waals surface area contributed by atoms with Crippen LogP contribution in [-0.2, 0) is 6.42 Å². The van der Waals surface area contributed by atoms with E-state index in [2.05, 4.69) is 0 Å². The molecule has 0 fully saturated rings. The molecule has 2 rings (SSSR count). The number of methoxy groups -OCH3 is 1. The van der Waals surface area contributed by atoms with E-state index in [1.54, 1.807) is 19.2 Å². The zero-order chi connectivity index (χ0) is 15.4. The molecule has 0 aliphatic rings. The van der Waals surface area contributed by atoms with Gasteiger partial charge < -0.3 is 4.74 Å². The SMILES string of the molecule is COc1ccc(CCC(=O)c2cc(F)c(F)cc2Cl)cc1. The Morgan fingerprint density at radius 2 is 1.76 bits per heavy atom. The average Bonchev–Trinajstić information content (AvgIpc) is 2.49. The van der Waals surface area contributed by atoms with Crippen LogP contribution in [0.4, 0.5) is 8.78 Å². The molecule has 0 radical (unpaired) electrons. The van der Waals surface area contributed by atoms with Crippen molar-refractivity contribution in [3.05, 3.63) is 64.2 Å². The molecule has 2 nitrogen and oxygen atoms in total. The minimum atomic E-state index is -1.08. The molecular formula is C16H13ClF2O2. The Labute approximate surface area is 126 Å². The van der Waals surface area contributed by atoms with Crippen LogP contribution in [0.25, 0.3) is 0 Å². The lowest BCUT2D eigenvalue weighted by molar-refractivity contribution is 0.0982. The van der Waals surface area contributed by atoms with Gasteiger partial charge in [0.25, 0.3) is 0 Å². The van der Waals surface area contributed by atoms with Gasteiger partial charge in [0.1, 0.15) is 5.75 Å². The quantitative estimate of drug-likeness (QED) is 0.603. The highest BCUT2D eigenvalue weighted by Gasteiger charge is 2.14. The monoisotopic (exact) mass is 310 g/mol. The van der Waals surface area contributed by atoms with Crippen LogP contribution in [0.5, 0.6) is 5.75 Å².